The number of nitrogens with zero attached hydrogens (tertiary/aromatic N) is 1. The number of carboxylic acids is 1. The van der Waals surface area contributed by atoms with Crippen molar-refractivity contribution in [3.63, 3.8) is 0 Å². The molecule has 1 aromatic rings. The summed E-state index contributed by atoms with van der Waals surface area (Å²) in [4.78, 5) is 25.4. The van der Waals surface area contributed by atoms with Crippen LogP contribution >= 0.6 is 27.5 Å². The van der Waals surface area contributed by atoms with Crippen molar-refractivity contribution >= 4 is 39.4 Å². The summed E-state index contributed by atoms with van der Waals surface area (Å²) in [5.74, 6) is -0.966. The topological polar surface area (TPSA) is 57.6 Å². The number of halogens is 2. The first-order valence-corrected chi connectivity index (χ1v) is 8.07. The molecule has 1 aliphatic heterocycles. The Bertz CT molecular complexity index is 611. The van der Waals surface area contributed by atoms with Crippen LogP contribution < -0.4 is 0 Å². The molecule has 1 unspecified atom stereocenters. The SMILES string of the molecule is O=C(O)C1CC12CCN(C(=O)c1cc(Cl)ccc1Br)CC2. The molecule has 3 rings (SSSR count). The number of carbonyl (C=O) groups excluding carboxylic acids is 1. The van der Waals surface area contributed by atoms with Gasteiger partial charge in [-0.3, -0.25) is 9.59 Å². The lowest BCUT2D eigenvalue weighted by molar-refractivity contribution is -0.139. The van der Waals surface area contributed by atoms with E-state index in [-0.39, 0.29) is 17.2 Å². The molecule has 2 aliphatic rings. The molecule has 2 fully saturated rings. The first-order valence-electron chi connectivity index (χ1n) is 6.90. The summed E-state index contributed by atoms with van der Waals surface area (Å²) in [6.45, 7) is 1.23. The Morgan fingerprint density at radius 1 is 1.33 bits per heavy atom. The van der Waals surface area contributed by atoms with E-state index in [1.165, 1.54) is 0 Å². The third kappa shape index (κ3) is 2.69. The Kier molecular flexibility index (Phi) is 3.74. The number of amides is 1. The molecule has 6 heteroatoms. The molecular formula is C15H15BrClNO3. The summed E-state index contributed by atoms with van der Waals surface area (Å²) < 4.78 is 0.729. The van der Waals surface area contributed by atoms with Crippen molar-refractivity contribution in [3.8, 4) is 0 Å². The van der Waals surface area contributed by atoms with Gasteiger partial charge in [-0.05, 0) is 58.8 Å². The summed E-state index contributed by atoms with van der Waals surface area (Å²) in [6, 6.07) is 5.16. The second-order valence-corrected chi connectivity index (χ2v) is 7.16. The zero-order chi connectivity index (χ0) is 15.2. The van der Waals surface area contributed by atoms with E-state index in [2.05, 4.69) is 15.9 Å². The average molecular weight is 373 g/mol. The largest absolute Gasteiger partial charge is 0.481 e. The van der Waals surface area contributed by atoms with Gasteiger partial charge in [0.25, 0.3) is 5.91 Å². The molecule has 1 amide bonds. The lowest BCUT2D eigenvalue weighted by Gasteiger charge is -2.33. The molecule has 1 N–H and O–H groups in total. The lowest BCUT2D eigenvalue weighted by atomic mass is 9.90. The quantitative estimate of drug-likeness (QED) is 0.865. The Morgan fingerprint density at radius 3 is 2.57 bits per heavy atom. The highest BCUT2D eigenvalue weighted by molar-refractivity contribution is 9.10. The molecule has 1 aromatic carbocycles. The van der Waals surface area contributed by atoms with Gasteiger partial charge in [0.2, 0.25) is 0 Å². The lowest BCUT2D eigenvalue weighted by Crippen LogP contribution is -2.40. The number of carboxylic acid groups (broad SMARTS) is 1. The maximum absolute atomic E-state index is 12.5. The van der Waals surface area contributed by atoms with Crippen molar-refractivity contribution in [2.45, 2.75) is 19.3 Å². The molecule has 1 aliphatic carbocycles. The first-order chi connectivity index (χ1) is 9.93. The fourth-order valence-corrected chi connectivity index (χ4v) is 3.82. The molecule has 0 bridgehead atoms. The average Bonchev–Trinajstić information content (AvgIpc) is 3.16. The van der Waals surface area contributed by atoms with Crippen LogP contribution in [0.1, 0.15) is 29.6 Å². The highest BCUT2D eigenvalue weighted by atomic mass is 79.9. The Labute approximate surface area is 136 Å². The minimum Gasteiger partial charge on any atom is -0.481 e. The minimum atomic E-state index is -0.702. The van der Waals surface area contributed by atoms with Gasteiger partial charge in [-0.1, -0.05) is 11.6 Å². The number of aliphatic carboxylic acids is 1. The van der Waals surface area contributed by atoms with Crippen LogP contribution in [-0.2, 0) is 4.79 Å². The predicted octanol–water partition coefficient (Wildman–Crippen LogP) is 3.43. The Morgan fingerprint density at radius 2 is 2.00 bits per heavy atom. The summed E-state index contributed by atoms with van der Waals surface area (Å²) in [5, 5.41) is 9.62. The van der Waals surface area contributed by atoms with Crippen molar-refractivity contribution in [3.05, 3.63) is 33.3 Å². The van der Waals surface area contributed by atoms with Crippen molar-refractivity contribution < 1.29 is 14.7 Å². The number of carbonyl (C=O) groups is 2. The molecule has 1 atom stereocenters. The van der Waals surface area contributed by atoms with Crippen molar-refractivity contribution in [1.82, 2.24) is 4.90 Å². The van der Waals surface area contributed by atoms with Gasteiger partial charge in [-0.2, -0.15) is 0 Å². The number of hydrogen-bond acceptors (Lipinski definition) is 2. The van der Waals surface area contributed by atoms with Crippen LogP contribution in [0.3, 0.4) is 0 Å². The van der Waals surface area contributed by atoms with E-state index >= 15 is 0 Å². The molecule has 112 valence electrons. The normalized spacial score (nSPS) is 23.1. The monoisotopic (exact) mass is 371 g/mol. The third-order valence-corrected chi connectivity index (χ3v) is 5.62. The number of rotatable bonds is 2. The molecule has 0 aromatic heterocycles. The smallest absolute Gasteiger partial charge is 0.307 e. The fourth-order valence-electron chi connectivity index (χ4n) is 3.24. The van der Waals surface area contributed by atoms with Gasteiger partial charge in [-0.15, -0.1) is 0 Å². The van der Waals surface area contributed by atoms with Gasteiger partial charge >= 0.3 is 5.97 Å². The number of likely N-dealkylation sites (tertiary alicyclic amines) is 1. The van der Waals surface area contributed by atoms with E-state index in [1.54, 1.807) is 23.1 Å². The van der Waals surface area contributed by atoms with Crippen LogP contribution in [0.25, 0.3) is 0 Å². The first kappa shape index (κ1) is 14.9. The molecule has 1 spiro atoms. The van der Waals surface area contributed by atoms with Gasteiger partial charge in [0.05, 0.1) is 11.5 Å². The summed E-state index contributed by atoms with van der Waals surface area (Å²) in [5.41, 5.74) is 0.498. The van der Waals surface area contributed by atoms with Crippen LogP contribution in [0.4, 0.5) is 0 Å². The number of piperidine rings is 1. The Hall–Kier alpha value is -1.07. The van der Waals surface area contributed by atoms with Gasteiger partial charge < -0.3 is 10.0 Å². The summed E-state index contributed by atoms with van der Waals surface area (Å²) >= 11 is 9.33. The van der Waals surface area contributed by atoms with Crippen molar-refractivity contribution in [1.29, 1.82) is 0 Å². The van der Waals surface area contributed by atoms with Crippen LogP contribution in [0.2, 0.25) is 5.02 Å². The number of hydrogen-bond donors (Lipinski definition) is 1. The van der Waals surface area contributed by atoms with Crippen LogP contribution in [0.15, 0.2) is 22.7 Å². The molecule has 21 heavy (non-hydrogen) atoms. The van der Waals surface area contributed by atoms with Crippen LogP contribution in [0.5, 0.6) is 0 Å². The van der Waals surface area contributed by atoms with Crippen LogP contribution in [-0.4, -0.2) is 35.0 Å². The molecule has 0 radical (unpaired) electrons. The number of benzene rings is 1. The summed E-state index contributed by atoms with van der Waals surface area (Å²) in [6.07, 6.45) is 2.30. The van der Waals surface area contributed by atoms with Crippen molar-refractivity contribution in [2.24, 2.45) is 11.3 Å². The van der Waals surface area contributed by atoms with E-state index in [9.17, 15) is 9.59 Å². The van der Waals surface area contributed by atoms with E-state index < -0.39 is 5.97 Å². The van der Waals surface area contributed by atoms with Crippen molar-refractivity contribution in [2.75, 3.05) is 13.1 Å². The fraction of sp³-hybridized carbons (Fsp3) is 0.467. The zero-order valence-corrected chi connectivity index (χ0v) is 13.7. The van der Waals surface area contributed by atoms with Crippen LogP contribution in [0, 0.1) is 11.3 Å². The Balaban J connectivity index is 1.69. The highest BCUT2D eigenvalue weighted by Gasteiger charge is 2.59. The molecule has 1 saturated heterocycles. The zero-order valence-electron chi connectivity index (χ0n) is 11.3. The second kappa shape index (κ2) is 5.29. The minimum absolute atomic E-state index is 0.0493. The third-order valence-electron chi connectivity index (χ3n) is 4.69. The molecule has 1 saturated carbocycles. The highest BCUT2D eigenvalue weighted by Crippen LogP contribution is 2.59. The maximum Gasteiger partial charge on any atom is 0.307 e. The van der Waals surface area contributed by atoms with E-state index in [0.717, 1.165) is 23.7 Å². The molecule has 4 nitrogen and oxygen atoms in total. The van der Waals surface area contributed by atoms with E-state index in [0.29, 0.717) is 23.7 Å². The molecule has 1 heterocycles. The predicted molar refractivity (Wildman–Crippen MR) is 82.5 cm³/mol. The van der Waals surface area contributed by atoms with Gasteiger partial charge in [0.15, 0.2) is 0 Å². The second-order valence-electron chi connectivity index (χ2n) is 5.87. The van der Waals surface area contributed by atoms with Gasteiger partial charge in [-0.25, -0.2) is 0 Å². The van der Waals surface area contributed by atoms with E-state index in [1.807, 2.05) is 0 Å². The standard InChI is InChI=1S/C15H15BrClNO3/c16-12-2-1-9(17)7-10(12)13(19)18-5-3-15(4-6-18)8-11(15)14(20)21/h1-2,7,11H,3-6,8H2,(H,20,21). The maximum atomic E-state index is 12.5. The molecular weight excluding hydrogens is 358 g/mol. The van der Waals surface area contributed by atoms with Gasteiger partial charge in [0, 0.05) is 22.6 Å². The summed E-state index contributed by atoms with van der Waals surface area (Å²) in [7, 11) is 0. The van der Waals surface area contributed by atoms with E-state index in [4.69, 9.17) is 16.7 Å². The van der Waals surface area contributed by atoms with Gasteiger partial charge in [0.1, 0.15) is 0 Å².